The second kappa shape index (κ2) is 8.19. The second-order valence-corrected chi connectivity index (χ2v) is 4.83. The highest BCUT2D eigenvalue weighted by Gasteiger charge is 2.15. The van der Waals surface area contributed by atoms with Crippen molar-refractivity contribution in [1.82, 2.24) is 4.90 Å². The van der Waals surface area contributed by atoms with Crippen molar-refractivity contribution >= 4 is 35.1 Å². The molecule has 0 atom stereocenters. The van der Waals surface area contributed by atoms with Crippen LogP contribution in [0.15, 0.2) is 30.9 Å². The minimum Gasteiger partial charge on any atom is -0.465 e. The second-order valence-electron chi connectivity index (χ2n) is 4.42. The van der Waals surface area contributed by atoms with Gasteiger partial charge in [0.2, 0.25) is 11.8 Å². The summed E-state index contributed by atoms with van der Waals surface area (Å²) in [6, 6.07) is 4.39. The number of benzene rings is 1. The molecule has 0 heterocycles. The number of methoxy groups -OCH3 is 1. The normalized spacial score (nSPS) is 9.77. The molecule has 0 fully saturated rings. The van der Waals surface area contributed by atoms with E-state index < -0.39 is 11.9 Å². The van der Waals surface area contributed by atoms with Gasteiger partial charge in [-0.05, 0) is 18.2 Å². The zero-order chi connectivity index (χ0) is 16.7. The van der Waals surface area contributed by atoms with E-state index in [-0.39, 0.29) is 35.3 Å². The van der Waals surface area contributed by atoms with Crippen molar-refractivity contribution in [2.24, 2.45) is 0 Å². The van der Waals surface area contributed by atoms with E-state index in [9.17, 15) is 14.4 Å². The summed E-state index contributed by atoms with van der Waals surface area (Å²) in [7, 11) is 1.26. The van der Waals surface area contributed by atoms with Crippen LogP contribution in [0.1, 0.15) is 17.3 Å². The number of nitrogens with zero attached hydrogens (tertiary/aromatic N) is 1. The van der Waals surface area contributed by atoms with Gasteiger partial charge in [-0.15, -0.1) is 6.58 Å². The van der Waals surface area contributed by atoms with Gasteiger partial charge in [0.15, 0.2) is 0 Å². The monoisotopic (exact) mass is 324 g/mol. The highest BCUT2D eigenvalue weighted by atomic mass is 35.5. The topological polar surface area (TPSA) is 75.7 Å². The van der Waals surface area contributed by atoms with Crippen molar-refractivity contribution < 1.29 is 19.1 Å². The largest absolute Gasteiger partial charge is 0.465 e. The average molecular weight is 325 g/mol. The van der Waals surface area contributed by atoms with E-state index >= 15 is 0 Å². The Morgan fingerprint density at radius 1 is 1.41 bits per heavy atom. The molecular formula is C15H17ClN2O4. The number of rotatable bonds is 6. The molecule has 2 amide bonds. The Kier molecular flexibility index (Phi) is 6.59. The molecule has 1 N–H and O–H groups in total. The van der Waals surface area contributed by atoms with Crippen molar-refractivity contribution in [3.05, 3.63) is 41.4 Å². The van der Waals surface area contributed by atoms with Crippen LogP contribution in [0.2, 0.25) is 5.02 Å². The maximum absolute atomic E-state index is 12.0. The first-order valence-electron chi connectivity index (χ1n) is 6.43. The molecule has 7 heteroatoms. The number of nitrogens with one attached hydrogen (secondary N) is 1. The highest BCUT2D eigenvalue weighted by molar-refractivity contribution is 6.33. The first-order valence-corrected chi connectivity index (χ1v) is 6.81. The van der Waals surface area contributed by atoms with Gasteiger partial charge in [0.25, 0.3) is 0 Å². The van der Waals surface area contributed by atoms with E-state index in [1.54, 1.807) is 0 Å². The summed E-state index contributed by atoms with van der Waals surface area (Å²) in [6.07, 6.45) is 1.53. The zero-order valence-corrected chi connectivity index (χ0v) is 13.1. The average Bonchev–Trinajstić information content (AvgIpc) is 2.48. The van der Waals surface area contributed by atoms with Gasteiger partial charge < -0.3 is 15.0 Å². The summed E-state index contributed by atoms with van der Waals surface area (Å²) in [6.45, 7) is 5.02. The van der Waals surface area contributed by atoms with Crippen molar-refractivity contribution in [1.29, 1.82) is 0 Å². The summed E-state index contributed by atoms with van der Waals surface area (Å²) in [4.78, 5) is 36.2. The molecule has 0 unspecified atom stereocenters. The first-order chi connectivity index (χ1) is 10.4. The maximum atomic E-state index is 12.0. The molecule has 0 aromatic heterocycles. The SMILES string of the molecule is C=CCN(CC(=O)Nc1cc(C(=O)OC)ccc1Cl)C(C)=O. The van der Waals surface area contributed by atoms with Gasteiger partial charge in [0.05, 0.1) is 23.4 Å². The molecule has 0 spiro atoms. The zero-order valence-electron chi connectivity index (χ0n) is 12.4. The standard InChI is InChI=1S/C15H17ClN2O4/c1-4-7-18(10(2)19)9-14(20)17-13-8-11(15(21)22-3)5-6-12(13)16/h4-6,8H,1,7,9H2,2-3H3,(H,17,20). The first kappa shape index (κ1) is 17.7. The number of hydrogen-bond acceptors (Lipinski definition) is 4. The van der Waals surface area contributed by atoms with Crippen LogP contribution >= 0.6 is 11.6 Å². The van der Waals surface area contributed by atoms with Crippen molar-refractivity contribution in [2.45, 2.75) is 6.92 Å². The molecule has 118 valence electrons. The van der Waals surface area contributed by atoms with E-state index in [0.29, 0.717) is 0 Å². The third-order valence-electron chi connectivity index (χ3n) is 2.79. The van der Waals surface area contributed by atoms with Crippen LogP contribution in [0.25, 0.3) is 0 Å². The Bertz CT molecular complexity index is 601. The number of halogens is 1. The van der Waals surface area contributed by atoms with Crippen LogP contribution in [-0.4, -0.2) is 42.9 Å². The minimum atomic E-state index is -0.538. The molecule has 0 bridgehead atoms. The Morgan fingerprint density at radius 3 is 2.64 bits per heavy atom. The summed E-state index contributed by atoms with van der Waals surface area (Å²) in [5.41, 5.74) is 0.536. The lowest BCUT2D eigenvalue weighted by atomic mass is 10.2. The molecule has 0 saturated carbocycles. The van der Waals surface area contributed by atoms with Gasteiger partial charge in [0, 0.05) is 13.5 Å². The molecule has 0 radical (unpaired) electrons. The number of ether oxygens (including phenoxy) is 1. The van der Waals surface area contributed by atoms with Crippen LogP contribution in [-0.2, 0) is 14.3 Å². The predicted molar refractivity (Wildman–Crippen MR) is 83.9 cm³/mol. The number of carbonyl (C=O) groups excluding carboxylic acids is 3. The lowest BCUT2D eigenvalue weighted by Gasteiger charge is -2.18. The molecule has 22 heavy (non-hydrogen) atoms. The molecule has 1 aromatic carbocycles. The fourth-order valence-electron chi connectivity index (χ4n) is 1.69. The van der Waals surface area contributed by atoms with E-state index in [1.165, 1.54) is 43.2 Å². The fourth-order valence-corrected chi connectivity index (χ4v) is 1.85. The van der Waals surface area contributed by atoms with Gasteiger partial charge in [-0.25, -0.2) is 4.79 Å². The molecule has 0 aliphatic heterocycles. The van der Waals surface area contributed by atoms with E-state index in [4.69, 9.17) is 11.6 Å². The highest BCUT2D eigenvalue weighted by Crippen LogP contribution is 2.23. The van der Waals surface area contributed by atoms with Crippen LogP contribution in [0, 0.1) is 0 Å². The summed E-state index contributed by atoms with van der Waals surface area (Å²) in [5.74, 6) is -1.21. The van der Waals surface area contributed by atoms with Gasteiger partial charge in [-0.3, -0.25) is 9.59 Å². The molecule has 6 nitrogen and oxygen atoms in total. The number of amides is 2. The Hall–Kier alpha value is -2.34. The smallest absolute Gasteiger partial charge is 0.337 e. The van der Waals surface area contributed by atoms with E-state index in [0.717, 1.165) is 0 Å². The van der Waals surface area contributed by atoms with E-state index in [1.807, 2.05) is 0 Å². The molecule has 0 saturated heterocycles. The lowest BCUT2D eigenvalue weighted by Crippen LogP contribution is -2.36. The van der Waals surface area contributed by atoms with Gasteiger partial charge in [0.1, 0.15) is 6.54 Å². The summed E-state index contributed by atoms with van der Waals surface area (Å²) in [5, 5.41) is 2.84. The fraction of sp³-hybridized carbons (Fsp3) is 0.267. The molecule has 1 aromatic rings. The molecule has 0 aliphatic carbocycles. The summed E-state index contributed by atoms with van der Waals surface area (Å²) < 4.78 is 4.61. The molecule has 1 rings (SSSR count). The predicted octanol–water partition coefficient (Wildman–Crippen LogP) is 2.10. The molecule has 0 aliphatic rings. The lowest BCUT2D eigenvalue weighted by molar-refractivity contribution is -0.132. The Morgan fingerprint density at radius 2 is 2.09 bits per heavy atom. The van der Waals surface area contributed by atoms with Crippen LogP contribution < -0.4 is 5.32 Å². The van der Waals surface area contributed by atoms with Gasteiger partial charge >= 0.3 is 5.97 Å². The van der Waals surface area contributed by atoms with Crippen LogP contribution in [0.4, 0.5) is 5.69 Å². The van der Waals surface area contributed by atoms with Crippen molar-refractivity contribution in [3.8, 4) is 0 Å². The van der Waals surface area contributed by atoms with Crippen molar-refractivity contribution in [3.63, 3.8) is 0 Å². The number of hydrogen-bond donors (Lipinski definition) is 1. The Balaban J connectivity index is 2.85. The number of anilines is 1. The third-order valence-corrected chi connectivity index (χ3v) is 3.12. The maximum Gasteiger partial charge on any atom is 0.337 e. The summed E-state index contributed by atoms with van der Waals surface area (Å²) >= 11 is 5.98. The van der Waals surface area contributed by atoms with Crippen LogP contribution in [0.5, 0.6) is 0 Å². The number of esters is 1. The quantitative estimate of drug-likeness (QED) is 0.642. The van der Waals surface area contributed by atoms with Crippen molar-refractivity contribution in [2.75, 3.05) is 25.5 Å². The number of carbonyl (C=O) groups is 3. The minimum absolute atomic E-state index is 0.139. The van der Waals surface area contributed by atoms with Gasteiger partial charge in [-0.1, -0.05) is 17.7 Å². The van der Waals surface area contributed by atoms with Gasteiger partial charge in [-0.2, -0.15) is 0 Å². The Labute approximate surface area is 133 Å². The molecular weight excluding hydrogens is 308 g/mol. The van der Waals surface area contributed by atoms with E-state index in [2.05, 4.69) is 16.6 Å². The third kappa shape index (κ3) is 4.89. The van der Waals surface area contributed by atoms with Crippen LogP contribution in [0.3, 0.4) is 0 Å².